The van der Waals surface area contributed by atoms with E-state index in [0.29, 0.717) is 17.9 Å². The zero-order valence-electron chi connectivity index (χ0n) is 10.9. The summed E-state index contributed by atoms with van der Waals surface area (Å²) in [6.07, 6.45) is 5.01. The van der Waals surface area contributed by atoms with Crippen LogP contribution in [0.25, 0.3) is 0 Å². The van der Waals surface area contributed by atoms with E-state index in [1.807, 2.05) is 6.92 Å². The molecule has 1 fully saturated rings. The van der Waals surface area contributed by atoms with Crippen molar-refractivity contribution >= 4 is 0 Å². The molecule has 0 spiro atoms. The summed E-state index contributed by atoms with van der Waals surface area (Å²) in [5.41, 5.74) is 0. The molecule has 1 aromatic heterocycles. The highest BCUT2D eigenvalue weighted by Gasteiger charge is 2.23. The molecule has 0 radical (unpaired) electrons. The Morgan fingerprint density at radius 3 is 2.59 bits per heavy atom. The second-order valence-electron chi connectivity index (χ2n) is 4.94. The fourth-order valence-electron chi connectivity index (χ4n) is 2.55. The van der Waals surface area contributed by atoms with Gasteiger partial charge in [0.25, 0.3) is 0 Å². The van der Waals surface area contributed by atoms with Gasteiger partial charge in [0.05, 0.1) is 6.54 Å². The molecule has 0 saturated heterocycles. The van der Waals surface area contributed by atoms with Crippen molar-refractivity contribution in [2.75, 3.05) is 14.1 Å². The second-order valence-corrected chi connectivity index (χ2v) is 4.94. The molecule has 0 bridgehead atoms. The summed E-state index contributed by atoms with van der Waals surface area (Å²) < 4.78 is 5.15. The average Bonchev–Trinajstić information content (AvgIpc) is 2.75. The molecule has 0 atom stereocenters. The molecule has 5 nitrogen and oxygen atoms in total. The third kappa shape index (κ3) is 3.26. The van der Waals surface area contributed by atoms with Crippen molar-refractivity contribution in [3.63, 3.8) is 0 Å². The van der Waals surface area contributed by atoms with Gasteiger partial charge in [0.1, 0.15) is 0 Å². The van der Waals surface area contributed by atoms with Gasteiger partial charge in [-0.2, -0.15) is 4.98 Å². The molecule has 1 aliphatic rings. The normalized spacial score (nSPS) is 25.4. The van der Waals surface area contributed by atoms with Crippen molar-refractivity contribution < 1.29 is 4.52 Å². The van der Waals surface area contributed by atoms with E-state index in [9.17, 15) is 0 Å². The third-order valence-corrected chi connectivity index (χ3v) is 3.68. The summed E-state index contributed by atoms with van der Waals surface area (Å²) in [4.78, 5) is 6.58. The number of hydrogen-bond donors (Lipinski definition) is 1. The van der Waals surface area contributed by atoms with Crippen LogP contribution in [0.2, 0.25) is 0 Å². The van der Waals surface area contributed by atoms with Crippen molar-refractivity contribution in [2.45, 2.75) is 51.2 Å². The van der Waals surface area contributed by atoms with Crippen LogP contribution in [0.4, 0.5) is 0 Å². The van der Waals surface area contributed by atoms with Gasteiger partial charge in [0.15, 0.2) is 5.82 Å². The lowest BCUT2D eigenvalue weighted by Gasteiger charge is -2.33. The van der Waals surface area contributed by atoms with E-state index in [-0.39, 0.29) is 0 Å². The standard InChI is InChI=1S/C12H22N4O/c1-9-14-12(17-15-9)8-16(3)11-6-4-10(13-2)5-7-11/h10-11,13H,4-8H2,1-3H3. The van der Waals surface area contributed by atoms with Crippen LogP contribution in [0.3, 0.4) is 0 Å². The number of nitrogens with one attached hydrogen (secondary N) is 1. The Labute approximate surface area is 103 Å². The number of hydrogen-bond acceptors (Lipinski definition) is 5. The van der Waals surface area contributed by atoms with Gasteiger partial charge in [-0.15, -0.1) is 0 Å². The lowest BCUT2D eigenvalue weighted by molar-refractivity contribution is 0.153. The first-order chi connectivity index (χ1) is 8.19. The summed E-state index contributed by atoms with van der Waals surface area (Å²) in [6.45, 7) is 2.61. The molecule has 1 saturated carbocycles. The van der Waals surface area contributed by atoms with Crippen molar-refractivity contribution in [1.29, 1.82) is 0 Å². The van der Waals surface area contributed by atoms with Gasteiger partial charge in [0.2, 0.25) is 5.89 Å². The summed E-state index contributed by atoms with van der Waals surface area (Å²) in [5, 5.41) is 7.17. The Hall–Kier alpha value is -0.940. The van der Waals surface area contributed by atoms with E-state index in [2.05, 4.69) is 34.5 Å². The Morgan fingerprint density at radius 1 is 1.35 bits per heavy atom. The van der Waals surface area contributed by atoms with Gasteiger partial charge in [-0.25, -0.2) is 0 Å². The highest BCUT2D eigenvalue weighted by atomic mass is 16.5. The van der Waals surface area contributed by atoms with Gasteiger partial charge in [-0.05, 0) is 46.7 Å². The van der Waals surface area contributed by atoms with Crippen molar-refractivity contribution in [3.05, 3.63) is 11.7 Å². The number of rotatable bonds is 4. The maximum Gasteiger partial charge on any atom is 0.240 e. The molecule has 1 N–H and O–H groups in total. The molecular formula is C12H22N4O. The van der Waals surface area contributed by atoms with Crippen molar-refractivity contribution in [3.8, 4) is 0 Å². The molecule has 0 aromatic carbocycles. The number of nitrogens with zero attached hydrogens (tertiary/aromatic N) is 3. The molecule has 0 amide bonds. The fourth-order valence-corrected chi connectivity index (χ4v) is 2.55. The monoisotopic (exact) mass is 238 g/mol. The quantitative estimate of drug-likeness (QED) is 0.858. The molecule has 1 aliphatic carbocycles. The van der Waals surface area contributed by atoms with E-state index in [1.165, 1.54) is 25.7 Å². The summed E-state index contributed by atoms with van der Waals surface area (Å²) >= 11 is 0. The molecular weight excluding hydrogens is 216 g/mol. The molecule has 1 aromatic rings. The largest absolute Gasteiger partial charge is 0.338 e. The van der Waals surface area contributed by atoms with Crippen LogP contribution in [-0.2, 0) is 6.54 Å². The first-order valence-electron chi connectivity index (χ1n) is 6.35. The minimum absolute atomic E-state index is 0.645. The Balaban J connectivity index is 1.82. The lowest BCUT2D eigenvalue weighted by atomic mass is 9.90. The zero-order valence-corrected chi connectivity index (χ0v) is 10.9. The SMILES string of the molecule is CNC1CCC(N(C)Cc2nc(C)no2)CC1. The lowest BCUT2D eigenvalue weighted by Crippen LogP contribution is -2.39. The fraction of sp³-hybridized carbons (Fsp3) is 0.833. The predicted molar refractivity (Wildman–Crippen MR) is 65.6 cm³/mol. The van der Waals surface area contributed by atoms with Crippen LogP contribution in [-0.4, -0.2) is 41.2 Å². The molecule has 0 aliphatic heterocycles. The molecule has 96 valence electrons. The van der Waals surface area contributed by atoms with E-state index in [4.69, 9.17) is 4.52 Å². The summed E-state index contributed by atoms with van der Waals surface area (Å²) in [7, 11) is 4.19. The molecule has 17 heavy (non-hydrogen) atoms. The third-order valence-electron chi connectivity index (χ3n) is 3.68. The second kappa shape index (κ2) is 5.60. The van der Waals surface area contributed by atoms with Crippen LogP contribution in [0, 0.1) is 6.92 Å². The topological polar surface area (TPSA) is 54.2 Å². The minimum Gasteiger partial charge on any atom is -0.338 e. The maximum absolute atomic E-state index is 5.15. The van der Waals surface area contributed by atoms with Crippen molar-refractivity contribution in [2.24, 2.45) is 0 Å². The number of aromatic nitrogens is 2. The van der Waals surface area contributed by atoms with E-state index >= 15 is 0 Å². The van der Waals surface area contributed by atoms with E-state index in [0.717, 1.165) is 12.4 Å². The molecule has 1 heterocycles. The zero-order chi connectivity index (χ0) is 12.3. The van der Waals surface area contributed by atoms with Crippen LogP contribution in [0.1, 0.15) is 37.4 Å². The highest BCUT2D eigenvalue weighted by Crippen LogP contribution is 2.23. The minimum atomic E-state index is 0.645. The average molecular weight is 238 g/mol. The van der Waals surface area contributed by atoms with E-state index in [1.54, 1.807) is 0 Å². The van der Waals surface area contributed by atoms with Gasteiger partial charge in [-0.1, -0.05) is 5.16 Å². The van der Waals surface area contributed by atoms with E-state index < -0.39 is 0 Å². The maximum atomic E-state index is 5.15. The highest BCUT2D eigenvalue weighted by molar-refractivity contribution is 4.86. The van der Waals surface area contributed by atoms with Gasteiger partial charge >= 0.3 is 0 Å². The van der Waals surface area contributed by atoms with Crippen LogP contribution in [0.15, 0.2) is 4.52 Å². The smallest absolute Gasteiger partial charge is 0.240 e. The number of aryl methyl sites for hydroxylation is 1. The Bertz CT molecular complexity index is 344. The van der Waals surface area contributed by atoms with Gasteiger partial charge in [0, 0.05) is 12.1 Å². The first-order valence-corrected chi connectivity index (χ1v) is 6.35. The molecule has 0 unspecified atom stereocenters. The van der Waals surface area contributed by atoms with Gasteiger partial charge in [-0.3, -0.25) is 4.90 Å². The van der Waals surface area contributed by atoms with Crippen molar-refractivity contribution in [1.82, 2.24) is 20.4 Å². The first kappa shape index (κ1) is 12.5. The molecule has 5 heteroatoms. The Morgan fingerprint density at radius 2 is 2.06 bits per heavy atom. The van der Waals surface area contributed by atoms with Crippen LogP contribution < -0.4 is 5.32 Å². The van der Waals surface area contributed by atoms with Crippen LogP contribution >= 0.6 is 0 Å². The predicted octanol–water partition coefficient (Wildman–Crippen LogP) is 1.34. The summed E-state index contributed by atoms with van der Waals surface area (Å²) in [6, 6.07) is 1.34. The summed E-state index contributed by atoms with van der Waals surface area (Å²) in [5.74, 6) is 1.44. The van der Waals surface area contributed by atoms with Crippen LogP contribution in [0.5, 0.6) is 0 Å². The molecule has 2 rings (SSSR count). The van der Waals surface area contributed by atoms with Gasteiger partial charge < -0.3 is 9.84 Å². The Kier molecular flexibility index (Phi) is 4.12.